The van der Waals surface area contributed by atoms with E-state index < -0.39 is 5.91 Å². The molecular weight excluding hydrogens is 355 g/mol. The van der Waals surface area contributed by atoms with Crippen molar-refractivity contribution in [3.8, 4) is 17.2 Å². The maximum absolute atomic E-state index is 12.9. The predicted molar refractivity (Wildman–Crippen MR) is 97.8 cm³/mol. The van der Waals surface area contributed by atoms with Gasteiger partial charge in [-0.05, 0) is 17.7 Å². The van der Waals surface area contributed by atoms with Crippen molar-refractivity contribution in [2.75, 3.05) is 33.2 Å². The van der Waals surface area contributed by atoms with Crippen molar-refractivity contribution < 1.29 is 28.2 Å². The van der Waals surface area contributed by atoms with E-state index in [1.165, 1.54) is 45.6 Å². The SMILES string of the molecule is COc1cc(NC(=O)CNC(=O)Cc2ccc(F)cc2)cc(OC)c1OC. The van der Waals surface area contributed by atoms with Crippen LogP contribution in [-0.2, 0) is 16.0 Å². The van der Waals surface area contributed by atoms with Crippen LogP contribution in [0.3, 0.4) is 0 Å². The van der Waals surface area contributed by atoms with E-state index in [1.54, 1.807) is 12.1 Å². The van der Waals surface area contributed by atoms with E-state index in [1.807, 2.05) is 0 Å². The average Bonchev–Trinajstić information content (AvgIpc) is 2.67. The number of anilines is 1. The molecule has 27 heavy (non-hydrogen) atoms. The Labute approximate surface area is 156 Å². The van der Waals surface area contributed by atoms with E-state index in [4.69, 9.17) is 14.2 Å². The molecule has 0 aliphatic carbocycles. The van der Waals surface area contributed by atoms with E-state index in [9.17, 15) is 14.0 Å². The minimum atomic E-state index is -0.420. The van der Waals surface area contributed by atoms with Crippen molar-refractivity contribution in [2.45, 2.75) is 6.42 Å². The molecule has 0 aliphatic heterocycles. The van der Waals surface area contributed by atoms with Gasteiger partial charge in [-0.3, -0.25) is 9.59 Å². The maximum atomic E-state index is 12.9. The zero-order valence-electron chi connectivity index (χ0n) is 15.3. The number of hydrogen-bond donors (Lipinski definition) is 2. The van der Waals surface area contributed by atoms with Gasteiger partial charge in [-0.2, -0.15) is 0 Å². The first kappa shape index (κ1) is 20.0. The van der Waals surface area contributed by atoms with Gasteiger partial charge in [0.05, 0.1) is 34.3 Å². The Morgan fingerprint density at radius 2 is 1.52 bits per heavy atom. The molecule has 0 radical (unpaired) electrons. The summed E-state index contributed by atoms with van der Waals surface area (Å²) in [5.41, 5.74) is 1.08. The number of benzene rings is 2. The summed E-state index contributed by atoms with van der Waals surface area (Å²) in [5.74, 6) is 0.0628. The van der Waals surface area contributed by atoms with Crippen LogP contribution in [0.15, 0.2) is 36.4 Å². The number of amides is 2. The molecular formula is C19H21FN2O5. The third kappa shape index (κ3) is 5.60. The standard InChI is InChI=1S/C19H21FN2O5/c1-25-15-9-14(10-16(26-2)19(15)27-3)22-18(24)11-21-17(23)8-12-4-6-13(20)7-5-12/h4-7,9-10H,8,11H2,1-3H3,(H,21,23)(H,22,24). The highest BCUT2D eigenvalue weighted by Gasteiger charge is 2.15. The Morgan fingerprint density at radius 3 is 2.04 bits per heavy atom. The van der Waals surface area contributed by atoms with Crippen LogP contribution in [0.2, 0.25) is 0 Å². The zero-order chi connectivity index (χ0) is 19.8. The second-order valence-corrected chi connectivity index (χ2v) is 5.54. The van der Waals surface area contributed by atoms with Gasteiger partial charge in [0.1, 0.15) is 5.82 Å². The Hall–Kier alpha value is -3.29. The fourth-order valence-electron chi connectivity index (χ4n) is 2.39. The van der Waals surface area contributed by atoms with Crippen LogP contribution >= 0.6 is 0 Å². The molecule has 0 aromatic heterocycles. The summed E-state index contributed by atoms with van der Waals surface area (Å²) in [7, 11) is 4.42. The van der Waals surface area contributed by atoms with Gasteiger partial charge < -0.3 is 24.8 Å². The molecule has 7 nitrogen and oxygen atoms in total. The molecule has 8 heteroatoms. The second-order valence-electron chi connectivity index (χ2n) is 5.54. The Kier molecular flexibility index (Phi) is 6.99. The molecule has 0 aliphatic rings. The number of ether oxygens (including phenoxy) is 3. The van der Waals surface area contributed by atoms with Gasteiger partial charge in [-0.1, -0.05) is 12.1 Å². The molecule has 2 N–H and O–H groups in total. The first-order valence-corrected chi connectivity index (χ1v) is 8.07. The number of carbonyl (C=O) groups is 2. The first-order chi connectivity index (χ1) is 13.0. The number of halogens is 1. The highest BCUT2D eigenvalue weighted by molar-refractivity contribution is 5.95. The molecule has 144 valence electrons. The molecule has 0 fully saturated rings. The normalized spacial score (nSPS) is 10.1. The molecule has 2 aromatic rings. The summed E-state index contributed by atoms with van der Waals surface area (Å²) < 4.78 is 28.5. The number of methoxy groups -OCH3 is 3. The Balaban J connectivity index is 1.93. The minimum Gasteiger partial charge on any atom is -0.493 e. The number of hydrogen-bond acceptors (Lipinski definition) is 5. The van der Waals surface area contributed by atoms with Crippen LogP contribution in [0, 0.1) is 5.82 Å². The van der Waals surface area contributed by atoms with Crippen molar-refractivity contribution >= 4 is 17.5 Å². The smallest absolute Gasteiger partial charge is 0.243 e. The second kappa shape index (κ2) is 9.42. The Morgan fingerprint density at radius 1 is 0.926 bits per heavy atom. The fourth-order valence-corrected chi connectivity index (χ4v) is 2.39. The highest BCUT2D eigenvalue weighted by Crippen LogP contribution is 2.39. The molecule has 0 saturated carbocycles. The van der Waals surface area contributed by atoms with Crippen LogP contribution < -0.4 is 24.8 Å². The van der Waals surface area contributed by atoms with Gasteiger partial charge in [0.2, 0.25) is 17.6 Å². The van der Waals surface area contributed by atoms with Crippen molar-refractivity contribution in [1.82, 2.24) is 5.32 Å². The number of nitrogens with one attached hydrogen (secondary N) is 2. The van der Waals surface area contributed by atoms with E-state index in [2.05, 4.69) is 10.6 Å². The van der Waals surface area contributed by atoms with Gasteiger partial charge >= 0.3 is 0 Å². The Bertz CT molecular complexity index is 783. The van der Waals surface area contributed by atoms with E-state index in [-0.39, 0.29) is 24.7 Å². The van der Waals surface area contributed by atoms with Crippen molar-refractivity contribution in [1.29, 1.82) is 0 Å². The van der Waals surface area contributed by atoms with Crippen molar-refractivity contribution in [3.05, 3.63) is 47.8 Å². The van der Waals surface area contributed by atoms with Gasteiger partial charge in [-0.15, -0.1) is 0 Å². The summed E-state index contributed by atoms with van der Waals surface area (Å²) in [6, 6.07) is 8.76. The molecule has 2 amide bonds. The van der Waals surface area contributed by atoms with Crippen molar-refractivity contribution in [2.24, 2.45) is 0 Å². The summed E-state index contributed by atoms with van der Waals surface area (Å²) >= 11 is 0. The maximum Gasteiger partial charge on any atom is 0.243 e. The van der Waals surface area contributed by atoms with Crippen LogP contribution in [-0.4, -0.2) is 39.7 Å². The molecule has 0 heterocycles. The number of rotatable bonds is 8. The van der Waals surface area contributed by atoms with E-state index in [0.717, 1.165) is 0 Å². The lowest BCUT2D eigenvalue weighted by Crippen LogP contribution is -2.33. The first-order valence-electron chi connectivity index (χ1n) is 8.07. The molecule has 2 rings (SSSR count). The lowest BCUT2D eigenvalue weighted by molar-refractivity contribution is -0.123. The van der Waals surface area contributed by atoms with Gasteiger partial charge in [-0.25, -0.2) is 4.39 Å². The molecule has 0 atom stereocenters. The van der Waals surface area contributed by atoms with Crippen LogP contribution in [0.25, 0.3) is 0 Å². The molecule has 2 aromatic carbocycles. The summed E-state index contributed by atoms with van der Waals surface area (Å²) in [6.45, 7) is -0.212. The minimum absolute atomic E-state index is 0.0533. The topological polar surface area (TPSA) is 85.9 Å². The van der Waals surface area contributed by atoms with Crippen LogP contribution in [0.1, 0.15) is 5.56 Å². The van der Waals surface area contributed by atoms with E-state index >= 15 is 0 Å². The summed E-state index contributed by atoms with van der Waals surface area (Å²) in [6.07, 6.45) is 0.0533. The van der Waals surface area contributed by atoms with Gasteiger partial charge in [0.25, 0.3) is 0 Å². The zero-order valence-corrected chi connectivity index (χ0v) is 15.3. The molecule has 0 unspecified atom stereocenters. The number of carbonyl (C=O) groups excluding carboxylic acids is 2. The van der Waals surface area contributed by atoms with E-state index in [0.29, 0.717) is 28.5 Å². The monoisotopic (exact) mass is 376 g/mol. The van der Waals surface area contributed by atoms with Gasteiger partial charge in [0.15, 0.2) is 11.5 Å². The van der Waals surface area contributed by atoms with Crippen LogP contribution in [0.5, 0.6) is 17.2 Å². The fraction of sp³-hybridized carbons (Fsp3) is 0.263. The largest absolute Gasteiger partial charge is 0.493 e. The third-order valence-corrected chi connectivity index (χ3v) is 3.67. The van der Waals surface area contributed by atoms with Crippen molar-refractivity contribution in [3.63, 3.8) is 0 Å². The lowest BCUT2D eigenvalue weighted by atomic mass is 10.1. The molecule has 0 spiro atoms. The van der Waals surface area contributed by atoms with Gasteiger partial charge in [0, 0.05) is 17.8 Å². The molecule has 0 bridgehead atoms. The summed E-state index contributed by atoms with van der Waals surface area (Å²) in [5, 5.41) is 5.16. The quantitative estimate of drug-likeness (QED) is 0.737. The summed E-state index contributed by atoms with van der Waals surface area (Å²) in [4.78, 5) is 24.0. The lowest BCUT2D eigenvalue weighted by Gasteiger charge is -2.14. The highest BCUT2D eigenvalue weighted by atomic mass is 19.1. The average molecular weight is 376 g/mol. The van der Waals surface area contributed by atoms with Crippen LogP contribution in [0.4, 0.5) is 10.1 Å². The third-order valence-electron chi connectivity index (χ3n) is 3.67. The predicted octanol–water partition coefficient (Wildman–Crippen LogP) is 2.15. The molecule has 0 saturated heterocycles.